The van der Waals surface area contributed by atoms with Crippen LogP contribution >= 0.6 is 0 Å². The maximum Gasteiger partial charge on any atom is 0.314 e. The molecule has 0 aliphatic heterocycles. The van der Waals surface area contributed by atoms with Crippen LogP contribution in [0.2, 0.25) is 0 Å². The lowest BCUT2D eigenvalue weighted by molar-refractivity contribution is -0.385. The van der Waals surface area contributed by atoms with Crippen LogP contribution in [-0.2, 0) is 9.59 Å². The number of nitro groups is 1. The van der Waals surface area contributed by atoms with Gasteiger partial charge in [0.1, 0.15) is 5.75 Å². The third-order valence-corrected chi connectivity index (χ3v) is 3.03. The number of likely N-dealkylation sites (N-methyl/N-ethyl adjacent to an activating group) is 1. The van der Waals surface area contributed by atoms with Crippen molar-refractivity contribution in [2.45, 2.75) is 26.3 Å². The lowest BCUT2D eigenvalue weighted by Crippen LogP contribution is -2.47. The highest BCUT2D eigenvalue weighted by atomic mass is 16.6. The van der Waals surface area contributed by atoms with E-state index in [1.54, 1.807) is 0 Å². The number of nitro benzene ring substituents is 1. The second-order valence-corrected chi connectivity index (χ2v) is 6.43. The Labute approximate surface area is 146 Å². The summed E-state index contributed by atoms with van der Waals surface area (Å²) in [5.41, 5.74) is -0.707. The largest absolute Gasteiger partial charge is 0.496 e. The highest BCUT2D eigenvalue weighted by Crippen LogP contribution is 2.30. The Morgan fingerprint density at radius 2 is 1.96 bits per heavy atom. The molecule has 1 aromatic rings. The zero-order valence-electron chi connectivity index (χ0n) is 15.0. The molecule has 9 heteroatoms. The summed E-state index contributed by atoms with van der Waals surface area (Å²) in [7, 11) is 2.84. The molecule has 9 nitrogen and oxygen atoms in total. The molecular weight excluding hydrogens is 330 g/mol. The quantitative estimate of drug-likeness (QED) is 0.585. The average molecular weight is 353 g/mol. The molecule has 0 saturated heterocycles. The van der Waals surface area contributed by atoms with E-state index in [4.69, 9.17) is 9.47 Å². The predicted octanol–water partition coefficient (Wildman–Crippen LogP) is 1.36. The number of nitrogens with one attached hydrogen (secondary N) is 1. The SMILES string of the molecule is COc1ccc(OCC(=O)N(C)CC(=O)NC(C)(C)C)c([N+](=O)[O-])c1. The molecule has 0 unspecified atom stereocenters. The molecule has 1 aromatic carbocycles. The summed E-state index contributed by atoms with van der Waals surface area (Å²) in [5.74, 6) is -0.527. The molecule has 0 fully saturated rings. The fourth-order valence-electron chi connectivity index (χ4n) is 1.90. The molecule has 138 valence electrons. The minimum Gasteiger partial charge on any atom is -0.496 e. The van der Waals surface area contributed by atoms with Crippen molar-refractivity contribution in [2.75, 3.05) is 27.3 Å². The van der Waals surface area contributed by atoms with Gasteiger partial charge in [-0.1, -0.05) is 0 Å². The minimum absolute atomic E-state index is 0.0494. The summed E-state index contributed by atoms with van der Waals surface area (Å²) < 4.78 is 10.2. The standard InChI is InChI=1S/C16H23N3O6/c1-16(2,3)17-14(20)9-18(4)15(21)10-25-13-7-6-11(24-5)8-12(13)19(22)23/h6-8H,9-10H2,1-5H3,(H,17,20). The third-order valence-electron chi connectivity index (χ3n) is 3.03. The van der Waals surface area contributed by atoms with Gasteiger partial charge in [0.15, 0.2) is 12.4 Å². The summed E-state index contributed by atoms with van der Waals surface area (Å²) in [5, 5.41) is 13.8. The highest BCUT2D eigenvalue weighted by molar-refractivity contribution is 5.85. The van der Waals surface area contributed by atoms with Gasteiger partial charge in [0.2, 0.25) is 5.91 Å². The molecule has 0 aliphatic carbocycles. The Bertz CT molecular complexity index is 654. The number of nitrogens with zero attached hydrogens (tertiary/aromatic N) is 2. The second kappa shape index (κ2) is 8.32. The van der Waals surface area contributed by atoms with Crippen molar-refractivity contribution >= 4 is 17.5 Å². The Morgan fingerprint density at radius 3 is 2.48 bits per heavy atom. The fourth-order valence-corrected chi connectivity index (χ4v) is 1.90. The first kappa shape index (κ1) is 20.2. The van der Waals surface area contributed by atoms with E-state index in [2.05, 4.69) is 5.32 Å². The number of ether oxygens (including phenoxy) is 2. The van der Waals surface area contributed by atoms with Gasteiger partial charge in [0.25, 0.3) is 5.91 Å². The number of benzene rings is 1. The van der Waals surface area contributed by atoms with E-state index in [0.717, 1.165) is 0 Å². The van der Waals surface area contributed by atoms with E-state index in [0.29, 0.717) is 5.75 Å². The number of carbonyl (C=O) groups is 2. The lowest BCUT2D eigenvalue weighted by atomic mass is 10.1. The highest BCUT2D eigenvalue weighted by Gasteiger charge is 2.20. The van der Waals surface area contributed by atoms with Gasteiger partial charge in [-0.25, -0.2) is 0 Å². The molecular formula is C16H23N3O6. The van der Waals surface area contributed by atoms with Crippen LogP contribution in [-0.4, -0.2) is 54.5 Å². The first-order valence-corrected chi connectivity index (χ1v) is 7.53. The average Bonchev–Trinajstić information content (AvgIpc) is 2.50. The molecule has 25 heavy (non-hydrogen) atoms. The molecule has 1 rings (SSSR count). The Morgan fingerprint density at radius 1 is 1.32 bits per heavy atom. The number of methoxy groups -OCH3 is 1. The maximum absolute atomic E-state index is 12.0. The zero-order valence-corrected chi connectivity index (χ0v) is 15.0. The normalized spacial score (nSPS) is 10.8. The number of hydrogen-bond acceptors (Lipinski definition) is 6. The van der Waals surface area contributed by atoms with Crippen molar-refractivity contribution in [3.05, 3.63) is 28.3 Å². The van der Waals surface area contributed by atoms with E-state index < -0.39 is 23.0 Å². The van der Waals surface area contributed by atoms with Crippen LogP contribution in [0.5, 0.6) is 11.5 Å². The summed E-state index contributed by atoms with van der Waals surface area (Å²) in [4.78, 5) is 35.5. The van der Waals surface area contributed by atoms with Gasteiger partial charge < -0.3 is 19.7 Å². The van der Waals surface area contributed by atoms with Crippen molar-refractivity contribution in [3.63, 3.8) is 0 Å². The van der Waals surface area contributed by atoms with E-state index in [-0.39, 0.29) is 23.9 Å². The Kier molecular flexibility index (Phi) is 6.72. The third kappa shape index (κ3) is 6.66. The van der Waals surface area contributed by atoms with Gasteiger partial charge in [0.05, 0.1) is 24.6 Å². The van der Waals surface area contributed by atoms with Gasteiger partial charge in [-0.05, 0) is 32.9 Å². The second-order valence-electron chi connectivity index (χ2n) is 6.43. The predicted molar refractivity (Wildman–Crippen MR) is 90.7 cm³/mol. The Hall–Kier alpha value is -2.84. The summed E-state index contributed by atoms with van der Waals surface area (Å²) in [6.07, 6.45) is 0. The van der Waals surface area contributed by atoms with Crippen LogP contribution in [0.25, 0.3) is 0 Å². The van der Waals surface area contributed by atoms with Crippen molar-refractivity contribution < 1.29 is 24.0 Å². The number of rotatable bonds is 7. The molecule has 0 radical (unpaired) electrons. The Balaban J connectivity index is 2.67. The van der Waals surface area contributed by atoms with Crippen molar-refractivity contribution in [1.29, 1.82) is 0 Å². The van der Waals surface area contributed by atoms with E-state index in [9.17, 15) is 19.7 Å². The van der Waals surface area contributed by atoms with E-state index in [1.165, 1.54) is 37.3 Å². The van der Waals surface area contributed by atoms with Gasteiger partial charge in [-0.15, -0.1) is 0 Å². The molecule has 0 atom stereocenters. The molecule has 0 heterocycles. The number of amides is 2. The van der Waals surface area contributed by atoms with Gasteiger partial charge in [-0.3, -0.25) is 19.7 Å². The maximum atomic E-state index is 12.0. The van der Waals surface area contributed by atoms with Gasteiger partial charge in [0, 0.05) is 12.6 Å². The van der Waals surface area contributed by atoms with Gasteiger partial charge >= 0.3 is 5.69 Å². The van der Waals surface area contributed by atoms with Crippen LogP contribution < -0.4 is 14.8 Å². The topological polar surface area (TPSA) is 111 Å². The molecule has 0 aromatic heterocycles. The molecule has 0 bridgehead atoms. The minimum atomic E-state index is -0.622. The van der Waals surface area contributed by atoms with Crippen molar-refractivity contribution in [1.82, 2.24) is 10.2 Å². The first-order chi connectivity index (χ1) is 11.5. The van der Waals surface area contributed by atoms with Crippen LogP contribution in [0.15, 0.2) is 18.2 Å². The van der Waals surface area contributed by atoms with E-state index in [1.807, 2.05) is 20.8 Å². The molecule has 1 N–H and O–H groups in total. The first-order valence-electron chi connectivity index (χ1n) is 7.53. The van der Waals surface area contributed by atoms with Crippen LogP contribution in [0.1, 0.15) is 20.8 Å². The van der Waals surface area contributed by atoms with Crippen molar-refractivity contribution in [3.8, 4) is 11.5 Å². The monoisotopic (exact) mass is 353 g/mol. The van der Waals surface area contributed by atoms with Gasteiger partial charge in [-0.2, -0.15) is 0 Å². The summed E-state index contributed by atoms with van der Waals surface area (Å²) >= 11 is 0. The number of hydrogen-bond donors (Lipinski definition) is 1. The van der Waals surface area contributed by atoms with Crippen LogP contribution in [0.3, 0.4) is 0 Å². The molecule has 0 saturated carbocycles. The fraction of sp³-hybridized carbons (Fsp3) is 0.500. The lowest BCUT2D eigenvalue weighted by Gasteiger charge is -2.23. The summed E-state index contributed by atoms with van der Waals surface area (Å²) in [6.45, 7) is 4.94. The van der Waals surface area contributed by atoms with Crippen LogP contribution in [0.4, 0.5) is 5.69 Å². The molecule has 2 amide bonds. The van der Waals surface area contributed by atoms with E-state index >= 15 is 0 Å². The zero-order chi connectivity index (χ0) is 19.2. The molecule has 0 spiro atoms. The summed E-state index contributed by atoms with van der Waals surface area (Å²) in [6, 6.07) is 4.06. The van der Waals surface area contributed by atoms with Crippen molar-refractivity contribution in [2.24, 2.45) is 0 Å². The molecule has 0 aliphatic rings. The van der Waals surface area contributed by atoms with Crippen LogP contribution in [0, 0.1) is 10.1 Å². The smallest absolute Gasteiger partial charge is 0.314 e. The number of carbonyl (C=O) groups excluding carboxylic acids is 2.